The normalized spacial score (nSPS) is 16.5. The van der Waals surface area contributed by atoms with E-state index in [4.69, 9.17) is 0 Å². The number of rotatable bonds is 6. The average Bonchev–Trinajstić information content (AvgIpc) is 2.11. The monoisotopic (exact) mass is 185 g/mol. The molecule has 0 saturated heterocycles. The summed E-state index contributed by atoms with van der Waals surface area (Å²) in [5.41, 5.74) is 2.04. The van der Waals surface area contributed by atoms with E-state index in [1.54, 1.807) is 0 Å². The largest absolute Gasteiger partial charge is 0.0657 e. The van der Waals surface area contributed by atoms with E-state index in [1.165, 1.54) is 25.3 Å². The summed E-state index contributed by atoms with van der Waals surface area (Å²) in [6.45, 7) is 11.9. The minimum atomic E-state index is -0.0527. The van der Waals surface area contributed by atoms with E-state index in [-0.39, 0.29) is 8.80 Å². The summed E-state index contributed by atoms with van der Waals surface area (Å²) in [5.74, 6) is 0. The molecule has 0 aromatic carbocycles. The van der Waals surface area contributed by atoms with Gasteiger partial charge in [-0.15, -0.1) is 0 Å². The first-order chi connectivity index (χ1) is 5.67. The maximum Gasteiger partial charge on any atom is 0.0539 e. The maximum absolute atomic E-state index is 2.45. The minimum Gasteiger partial charge on any atom is -0.0657 e. The van der Waals surface area contributed by atoms with E-state index in [0.717, 1.165) is 11.1 Å². The lowest BCUT2D eigenvalue weighted by molar-refractivity contribution is 0.766. The lowest BCUT2D eigenvalue weighted by Crippen LogP contribution is -2.23. The van der Waals surface area contributed by atoms with Crippen molar-refractivity contribution < 1.29 is 0 Å². The first-order valence-electron chi connectivity index (χ1n) is 5.52. The molecule has 2 atom stereocenters. The summed E-state index contributed by atoms with van der Waals surface area (Å²) >= 11 is 0. The SMILES string of the molecule is CCC[Si](C(C)CC)C(C)CC. The van der Waals surface area contributed by atoms with Gasteiger partial charge in [-0.1, -0.05) is 59.9 Å². The van der Waals surface area contributed by atoms with Crippen LogP contribution in [0, 0.1) is 0 Å². The van der Waals surface area contributed by atoms with Crippen molar-refractivity contribution in [3.8, 4) is 0 Å². The van der Waals surface area contributed by atoms with Crippen LogP contribution >= 0.6 is 0 Å². The zero-order valence-electron chi connectivity index (χ0n) is 9.48. The Labute approximate surface area is 80.4 Å². The lowest BCUT2D eigenvalue weighted by Gasteiger charge is -2.26. The third kappa shape index (κ3) is 3.75. The summed E-state index contributed by atoms with van der Waals surface area (Å²) in [5, 5.41) is 0. The van der Waals surface area contributed by atoms with Crippen molar-refractivity contribution in [2.24, 2.45) is 0 Å². The molecule has 0 fully saturated rings. The topological polar surface area (TPSA) is 0 Å². The first-order valence-corrected chi connectivity index (χ1v) is 7.39. The van der Waals surface area contributed by atoms with Gasteiger partial charge in [-0.2, -0.15) is 0 Å². The molecule has 2 unspecified atom stereocenters. The van der Waals surface area contributed by atoms with Crippen molar-refractivity contribution in [1.82, 2.24) is 0 Å². The fraction of sp³-hybridized carbons (Fsp3) is 1.00. The molecule has 0 aliphatic rings. The second-order valence-electron chi connectivity index (χ2n) is 3.94. The van der Waals surface area contributed by atoms with Gasteiger partial charge in [-0.25, -0.2) is 0 Å². The Kier molecular flexibility index (Phi) is 6.82. The highest BCUT2D eigenvalue weighted by Gasteiger charge is 2.21. The van der Waals surface area contributed by atoms with Crippen LogP contribution in [0.4, 0.5) is 0 Å². The molecule has 73 valence electrons. The summed E-state index contributed by atoms with van der Waals surface area (Å²) < 4.78 is 0. The molecule has 0 aromatic heterocycles. The number of hydrogen-bond donors (Lipinski definition) is 0. The summed E-state index contributed by atoms with van der Waals surface area (Å²) in [6.07, 6.45) is 4.17. The Morgan fingerprint density at radius 2 is 1.33 bits per heavy atom. The molecule has 12 heavy (non-hydrogen) atoms. The van der Waals surface area contributed by atoms with Crippen LogP contribution in [0.3, 0.4) is 0 Å². The fourth-order valence-corrected chi connectivity index (χ4v) is 5.37. The molecule has 0 bridgehead atoms. The Bertz CT molecular complexity index is 91.2. The minimum absolute atomic E-state index is 0.0527. The van der Waals surface area contributed by atoms with Crippen LogP contribution in [-0.4, -0.2) is 8.80 Å². The van der Waals surface area contributed by atoms with Crippen LogP contribution in [0.1, 0.15) is 53.9 Å². The van der Waals surface area contributed by atoms with Gasteiger partial charge in [0.1, 0.15) is 0 Å². The molecule has 1 radical (unpaired) electrons. The fourth-order valence-electron chi connectivity index (χ4n) is 1.79. The highest BCUT2D eigenvalue weighted by atomic mass is 28.3. The van der Waals surface area contributed by atoms with E-state index < -0.39 is 0 Å². The van der Waals surface area contributed by atoms with Gasteiger partial charge in [0.2, 0.25) is 0 Å². The summed E-state index contributed by atoms with van der Waals surface area (Å²) in [4.78, 5) is 0. The van der Waals surface area contributed by atoms with Gasteiger partial charge < -0.3 is 0 Å². The molecule has 0 aliphatic carbocycles. The third-order valence-corrected chi connectivity index (χ3v) is 7.46. The second kappa shape index (κ2) is 6.70. The second-order valence-corrected chi connectivity index (χ2v) is 7.56. The van der Waals surface area contributed by atoms with Gasteiger partial charge in [0.25, 0.3) is 0 Å². The van der Waals surface area contributed by atoms with Crippen LogP contribution in [-0.2, 0) is 0 Å². The lowest BCUT2D eigenvalue weighted by atomic mass is 10.3. The van der Waals surface area contributed by atoms with Gasteiger partial charge in [0.05, 0.1) is 8.80 Å². The quantitative estimate of drug-likeness (QED) is 0.535. The van der Waals surface area contributed by atoms with Crippen molar-refractivity contribution in [2.45, 2.75) is 71.0 Å². The van der Waals surface area contributed by atoms with Crippen LogP contribution in [0.25, 0.3) is 0 Å². The Hall–Kier alpha value is 0.217. The Morgan fingerprint density at radius 3 is 1.58 bits per heavy atom. The molecule has 0 N–H and O–H groups in total. The average molecular weight is 185 g/mol. The van der Waals surface area contributed by atoms with E-state index >= 15 is 0 Å². The molecular formula is C11H25Si. The molecule has 1 heteroatoms. The highest BCUT2D eigenvalue weighted by Crippen LogP contribution is 2.29. The van der Waals surface area contributed by atoms with Gasteiger partial charge in [0, 0.05) is 0 Å². The molecule has 0 nitrogen and oxygen atoms in total. The molecular weight excluding hydrogens is 160 g/mol. The first kappa shape index (κ1) is 12.2. The van der Waals surface area contributed by atoms with Gasteiger partial charge in [-0.05, 0) is 11.1 Å². The van der Waals surface area contributed by atoms with Gasteiger partial charge in [0.15, 0.2) is 0 Å². The van der Waals surface area contributed by atoms with E-state index in [0.29, 0.717) is 0 Å². The van der Waals surface area contributed by atoms with Crippen molar-refractivity contribution in [3.05, 3.63) is 0 Å². The molecule has 0 aromatic rings. The molecule has 0 heterocycles. The van der Waals surface area contributed by atoms with Crippen molar-refractivity contribution in [2.75, 3.05) is 0 Å². The maximum atomic E-state index is 2.45. The molecule has 0 saturated carbocycles. The Morgan fingerprint density at radius 1 is 0.917 bits per heavy atom. The van der Waals surface area contributed by atoms with E-state index in [9.17, 15) is 0 Å². The Balaban J connectivity index is 4.01. The zero-order chi connectivity index (χ0) is 9.56. The molecule has 0 spiro atoms. The smallest absolute Gasteiger partial charge is 0.0539 e. The summed E-state index contributed by atoms with van der Waals surface area (Å²) in [7, 11) is -0.0527. The van der Waals surface area contributed by atoms with Crippen molar-refractivity contribution in [3.63, 3.8) is 0 Å². The van der Waals surface area contributed by atoms with Crippen LogP contribution in [0.2, 0.25) is 17.1 Å². The standard InChI is InChI=1S/C11H25Si/c1-6-9-12(10(4)7-2)11(5)8-3/h10-11H,6-9H2,1-5H3. The predicted octanol–water partition coefficient (Wildman–Crippen LogP) is 4.49. The number of hydrogen-bond acceptors (Lipinski definition) is 0. The summed E-state index contributed by atoms with van der Waals surface area (Å²) in [6, 6.07) is 1.52. The molecule has 0 aliphatic heterocycles. The predicted molar refractivity (Wildman–Crippen MR) is 60.3 cm³/mol. The zero-order valence-corrected chi connectivity index (χ0v) is 10.5. The van der Waals surface area contributed by atoms with Gasteiger partial charge >= 0.3 is 0 Å². The van der Waals surface area contributed by atoms with Crippen LogP contribution < -0.4 is 0 Å². The van der Waals surface area contributed by atoms with E-state index in [1.807, 2.05) is 0 Å². The van der Waals surface area contributed by atoms with Crippen LogP contribution in [0.5, 0.6) is 0 Å². The van der Waals surface area contributed by atoms with Crippen molar-refractivity contribution in [1.29, 1.82) is 0 Å². The van der Waals surface area contributed by atoms with Crippen molar-refractivity contribution >= 4 is 8.80 Å². The third-order valence-electron chi connectivity index (χ3n) is 3.03. The van der Waals surface area contributed by atoms with Gasteiger partial charge in [-0.3, -0.25) is 0 Å². The van der Waals surface area contributed by atoms with E-state index in [2.05, 4.69) is 34.6 Å². The van der Waals surface area contributed by atoms with Crippen LogP contribution in [0.15, 0.2) is 0 Å². The highest BCUT2D eigenvalue weighted by molar-refractivity contribution is 6.61. The molecule has 0 rings (SSSR count). The molecule has 0 amide bonds.